The monoisotopic (exact) mass is 163 g/mol. The van der Waals surface area contributed by atoms with Gasteiger partial charge in [0.15, 0.2) is 0 Å². The summed E-state index contributed by atoms with van der Waals surface area (Å²) >= 11 is 0. The topological polar surface area (TPSA) is 44.0 Å². The van der Waals surface area contributed by atoms with E-state index in [4.69, 9.17) is 10.4 Å². The van der Waals surface area contributed by atoms with Crippen molar-refractivity contribution in [3.63, 3.8) is 0 Å². The quantitative estimate of drug-likeness (QED) is 0.680. The summed E-state index contributed by atoms with van der Waals surface area (Å²) in [6.07, 6.45) is 3.20. The van der Waals surface area contributed by atoms with Crippen LogP contribution in [0.2, 0.25) is 0 Å². The van der Waals surface area contributed by atoms with Gasteiger partial charge in [-0.2, -0.15) is 5.26 Å². The summed E-state index contributed by atoms with van der Waals surface area (Å²) < 4.78 is 0. The molecule has 0 amide bonds. The third-order valence-electron chi connectivity index (χ3n) is 1.38. The number of hydrogen-bond acceptors (Lipinski definition) is 2. The number of rotatable bonds is 2. The summed E-state index contributed by atoms with van der Waals surface area (Å²) in [5.41, 5.74) is 1.44. The van der Waals surface area contributed by atoms with Gasteiger partial charge in [-0.25, -0.2) is 0 Å². The molecule has 64 valence electrons. The maximum atomic E-state index is 6.88. The molecule has 0 aliphatic heterocycles. The van der Waals surface area contributed by atoms with Crippen LogP contribution >= 0.6 is 0 Å². The lowest BCUT2D eigenvalue weighted by Gasteiger charge is -1.93. The standard InChI is InChI=1S/C9H12.CHNO/c1-2-6-9-7-4-3-5-8-9;2-1-3/h3-5,7-8H,2,6H2,1H3;3H. The van der Waals surface area contributed by atoms with Gasteiger partial charge in [0, 0.05) is 0 Å². The highest BCUT2D eigenvalue weighted by Gasteiger charge is 1.84. The van der Waals surface area contributed by atoms with Gasteiger partial charge in [0.05, 0.1) is 0 Å². The van der Waals surface area contributed by atoms with Gasteiger partial charge in [0.2, 0.25) is 0 Å². The molecule has 2 nitrogen and oxygen atoms in total. The number of benzene rings is 1. The van der Waals surface area contributed by atoms with Crippen molar-refractivity contribution in [2.45, 2.75) is 19.8 Å². The average Bonchev–Trinajstić information content (AvgIpc) is 2.08. The molecule has 0 spiro atoms. The largest absolute Gasteiger partial charge is 0.443 e. The van der Waals surface area contributed by atoms with Gasteiger partial charge in [-0.15, -0.1) is 0 Å². The Balaban J connectivity index is 0.000000354. The highest BCUT2D eigenvalue weighted by atomic mass is 16.2. The minimum absolute atomic E-state index is 0.750. The molecular weight excluding hydrogens is 150 g/mol. The Morgan fingerprint density at radius 2 is 1.83 bits per heavy atom. The number of aliphatic hydroxyl groups excluding tert-OH is 1. The molecule has 0 unspecified atom stereocenters. The number of aryl methyl sites for hydroxylation is 1. The zero-order valence-corrected chi connectivity index (χ0v) is 7.20. The first kappa shape index (κ1) is 10.5. The van der Waals surface area contributed by atoms with E-state index in [1.165, 1.54) is 18.4 Å². The van der Waals surface area contributed by atoms with Gasteiger partial charge in [0.1, 0.15) is 0 Å². The third kappa shape index (κ3) is 5.31. The van der Waals surface area contributed by atoms with Gasteiger partial charge in [-0.05, 0) is 12.0 Å². The molecule has 0 saturated heterocycles. The lowest BCUT2D eigenvalue weighted by Crippen LogP contribution is -1.78. The fraction of sp³-hybridized carbons (Fsp3) is 0.300. The van der Waals surface area contributed by atoms with Crippen LogP contribution in [-0.4, -0.2) is 5.11 Å². The Bertz CT molecular complexity index is 225. The first-order valence-electron chi connectivity index (χ1n) is 3.92. The van der Waals surface area contributed by atoms with Crippen molar-refractivity contribution in [3.05, 3.63) is 35.9 Å². The van der Waals surface area contributed by atoms with Crippen molar-refractivity contribution < 1.29 is 5.11 Å². The van der Waals surface area contributed by atoms with E-state index in [0.29, 0.717) is 0 Å². The number of nitriles is 1. The Kier molecular flexibility index (Phi) is 6.67. The van der Waals surface area contributed by atoms with Crippen molar-refractivity contribution in [1.29, 1.82) is 5.26 Å². The maximum absolute atomic E-state index is 6.88. The van der Waals surface area contributed by atoms with Crippen LogP contribution in [0.3, 0.4) is 0 Å². The fourth-order valence-corrected chi connectivity index (χ4v) is 0.933. The zero-order chi connectivity index (χ0) is 9.23. The second-order valence-corrected chi connectivity index (χ2v) is 2.34. The predicted molar refractivity (Wildman–Crippen MR) is 48.0 cm³/mol. The van der Waals surface area contributed by atoms with Crippen LogP contribution in [-0.2, 0) is 6.42 Å². The van der Waals surface area contributed by atoms with Crippen molar-refractivity contribution in [1.82, 2.24) is 0 Å². The molecule has 0 aliphatic rings. The van der Waals surface area contributed by atoms with Crippen molar-refractivity contribution >= 4 is 0 Å². The molecule has 1 N–H and O–H groups in total. The van der Waals surface area contributed by atoms with Crippen LogP contribution < -0.4 is 0 Å². The Hall–Kier alpha value is -1.49. The molecule has 0 aromatic heterocycles. The summed E-state index contributed by atoms with van der Waals surface area (Å²) in [7, 11) is 0. The summed E-state index contributed by atoms with van der Waals surface area (Å²) in [6, 6.07) is 10.6. The second-order valence-electron chi connectivity index (χ2n) is 2.34. The van der Waals surface area contributed by atoms with Crippen molar-refractivity contribution in [3.8, 4) is 6.26 Å². The predicted octanol–water partition coefficient (Wildman–Crippen LogP) is 2.48. The first-order chi connectivity index (χ1) is 5.85. The lowest BCUT2D eigenvalue weighted by molar-refractivity contribution is 0.503. The van der Waals surface area contributed by atoms with Gasteiger partial charge in [-0.1, -0.05) is 43.7 Å². The molecule has 0 saturated carbocycles. The molecule has 0 fully saturated rings. The molecule has 0 aliphatic carbocycles. The van der Waals surface area contributed by atoms with Crippen LogP contribution in [0.25, 0.3) is 0 Å². The van der Waals surface area contributed by atoms with Crippen LogP contribution in [0.5, 0.6) is 0 Å². The van der Waals surface area contributed by atoms with E-state index >= 15 is 0 Å². The Morgan fingerprint density at radius 1 is 1.33 bits per heavy atom. The van der Waals surface area contributed by atoms with Crippen molar-refractivity contribution in [2.24, 2.45) is 0 Å². The van der Waals surface area contributed by atoms with Gasteiger partial charge < -0.3 is 5.11 Å². The molecule has 0 heterocycles. The Labute approximate surface area is 73.1 Å². The molecular formula is C10H13NO. The van der Waals surface area contributed by atoms with Gasteiger partial charge in [0.25, 0.3) is 6.26 Å². The van der Waals surface area contributed by atoms with Crippen LogP contribution in [0, 0.1) is 11.5 Å². The highest BCUT2D eigenvalue weighted by Crippen LogP contribution is 2.00. The fourth-order valence-electron chi connectivity index (χ4n) is 0.933. The van der Waals surface area contributed by atoms with E-state index < -0.39 is 0 Å². The number of nitrogens with zero attached hydrogens (tertiary/aromatic N) is 1. The summed E-state index contributed by atoms with van der Waals surface area (Å²) in [5, 5.41) is 13.8. The summed E-state index contributed by atoms with van der Waals surface area (Å²) in [4.78, 5) is 0. The van der Waals surface area contributed by atoms with Crippen molar-refractivity contribution in [2.75, 3.05) is 0 Å². The van der Waals surface area contributed by atoms with E-state index in [9.17, 15) is 0 Å². The van der Waals surface area contributed by atoms with Crippen LogP contribution in [0.15, 0.2) is 30.3 Å². The smallest absolute Gasteiger partial charge is 0.283 e. The highest BCUT2D eigenvalue weighted by molar-refractivity contribution is 5.14. The third-order valence-corrected chi connectivity index (χ3v) is 1.38. The van der Waals surface area contributed by atoms with E-state index in [0.717, 1.165) is 6.26 Å². The second kappa shape index (κ2) is 7.62. The SMILES string of the molecule is CCCc1ccccc1.N#CO. The minimum Gasteiger partial charge on any atom is -0.443 e. The minimum atomic E-state index is 0.750. The average molecular weight is 163 g/mol. The summed E-state index contributed by atoms with van der Waals surface area (Å²) in [5.74, 6) is 0. The van der Waals surface area contributed by atoms with Crippen LogP contribution in [0.1, 0.15) is 18.9 Å². The normalized spacial score (nSPS) is 7.67. The molecule has 0 bridgehead atoms. The van der Waals surface area contributed by atoms with E-state index in [-0.39, 0.29) is 0 Å². The zero-order valence-electron chi connectivity index (χ0n) is 7.20. The molecule has 0 atom stereocenters. The first-order valence-corrected chi connectivity index (χ1v) is 3.92. The van der Waals surface area contributed by atoms with E-state index in [1.807, 2.05) is 0 Å². The molecule has 1 rings (SSSR count). The number of aliphatic hydroxyl groups is 1. The Morgan fingerprint density at radius 3 is 2.25 bits per heavy atom. The number of hydrogen-bond donors (Lipinski definition) is 1. The molecule has 1 aromatic carbocycles. The maximum Gasteiger partial charge on any atom is 0.283 e. The summed E-state index contributed by atoms with van der Waals surface area (Å²) in [6.45, 7) is 2.20. The van der Waals surface area contributed by atoms with Gasteiger partial charge >= 0.3 is 0 Å². The van der Waals surface area contributed by atoms with E-state index in [1.54, 1.807) is 0 Å². The van der Waals surface area contributed by atoms with E-state index in [2.05, 4.69) is 37.3 Å². The molecule has 1 aromatic rings. The molecule has 12 heavy (non-hydrogen) atoms. The molecule has 2 heteroatoms. The lowest BCUT2D eigenvalue weighted by atomic mass is 10.1. The molecule has 0 radical (unpaired) electrons. The van der Waals surface area contributed by atoms with Crippen LogP contribution in [0.4, 0.5) is 0 Å². The van der Waals surface area contributed by atoms with Gasteiger partial charge in [-0.3, -0.25) is 0 Å².